The molecule has 5 nitrogen and oxygen atoms in total. The zero-order valence-electron chi connectivity index (χ0n) is 16.4. The third-order valence-electron chi connectivity index (χ3n) is 4.80. The monoisotopic (exact) mass is 403 g/mol. The maximum atomic E-state index is 13.0. The second-order valence-corrected chi connectivity index (χ2v) is 6.84. The molecular formula is C24H22FN3O2. The van der Waals surface area contributed by atoms with Gasteiger partial charge in [-0.25, -0.2) is 9.37 Å². The van der Waals surface area contributed by atoms with E-state index in [1.807, 2.05) is 54.6 Å². The van der Waals surface area contributed by atoms with E-state index >= 15 is 0 Å². The molecule has 0 aliphatic carbocycles. The van der Waals surface area contributed by atoms with Crippen LogP contribution in [0.2, 0.25) is 0 Å². The predicted molar refractivity (Wildman–Crippen MR) is 114 cm³/mol. The van der Waals surface area contributed by atoms with Gasteiger partial charge >= 0.3 is 0 Å². The van der Waals surface area contributed by atoms with E-state index in [1.54, 1.807) is 0 Å². The van der Waals surface area contributed by atoms with Crippen LogP contribution in [0.5, 0.6) is 5.75 Å². The smallest absolute Gasteiger partial charge is 0.251 e. The lowest BCUT2D eigenvalue weighted by Gasteiger charge is -2.11. The minimum Gasteiger partial charge on any atom is -0.492 e. The number of amides is 1. The number of imidazole rings is 1. The largest absolute Gasteiger partial charge is 0.492 e. The number of aromatic nitrogens is 2. The van der Waals surface area contributed by atoms with E-state index in [2.05, 4.69) is 9.88 Å². The minimum atomic E-state index is -0.363. The third-order valence-corrected chi connectivity index (χ3v) is 4.80. The van der Waals surface area contributed by atoms with Crippen molar-refractivity contribution < 1.29 is 13.9 Å². The zero-order valence-corrected chi connectivity index (χ0v) is 16.4. The number of rotatable bonds is 8. The van der Waals surface area contributed by atoms with Gasteiger partial charge in [0.25, 0.3) is 5.91 Å². The molecule has 0 saturated heterocycles. The number of ether oxygens (including phenoxy) is 1. The lowest BCUT2D eigenvalue weighted by atomic mass is 10.2. The van der Waals surface area contributed by atoms with Gasteiger partial charge in [-0.05, 0) is 48.5 Å². The molecule has 0 bridgehead atoms. The van der Waals surface area contributed by atoms with Gasteiger partial charge in [0.05, 0.1) is 17.6 Å². The topological polar surface area (TPSA) is 56.2 Å². The Morgan fingerprint density at radius 1 is 0.967 bits per heavy atom. The SMILES string of the molecule is O=C(NCCc1nc2ccccc2n1CCOc1ccccc1)c1ccc(F)cc1. The van der Waals surface area contributed by atoms with Gasteiger partial charge in [0.15, 0.2) is 0 Å². The number of carbonyl (C=O) groups excluding carboxylic acids is 1. The quantitative estimate of drug-likeness (QED) is 0.479. The summed E-state index contributed by atoms with van der Waals surface area (Å²) < 4.78 is 21.0. The van der Waals surface area contributed by atoms with Crippen molar-refractivity contribution in [2.75, 3.05) is 13.2 Å². The predicted octanol–water partition coefficient (Wildman–Crippen LogP) is 4.23. The Hall–Kier alpha value is -3.67. The lowest BCUT2D eigenvalue weighted by molar-refractivity contribution is 0.0954. The van der Waals surface area contributed by atoms with E-state index in [1.165, 1.54) is 24.3 Å². The Labute approximate surface area is 174 Å². The molecule has 1 amide bonds. The first kappa shape index (κ1) is 19.6. The molecule has 3 aromatic carbocycles. The summed E-state index contributed by atoms with van der Waals surface area (Å²) in [5.74, 6) is 1.12. The van der Waals surface area contributed by atoms with Crippen LogP contribution in [0, 0.1) is 5.82 Å². The van der Waals surface area contributed by atoms with Crippen LogP contribution in [0.4, 0.5) is 4.39 Å². The molecule has 30 heavy (non-hydrogen) atoms. The lowest BCUT2D eigenvalue weighted by Crippen LogP contribution is -2.26. The Kier molecular flexibility index (Phi) is 6.03. The van der Waals surface area contributed by atoms with Crippen LogP contribution in [0.3, 0.4) is 0 Å². The third kappa shape index (κ3) is 4.66. The van der Waals surface area contributed by atoms with Crippen LogP contribution in [0.1, 0.15) is 16.2 Å². The normalized spacial score (nSPS) is 10.8. The average molecular weight is 403 g/mol. The Morgan fingerprint density at radius 2 is 1.70 bits per heavy atom. The molecule has 0 saturated carbocycles. The summed E-state index contributed by atoms with van der Waals surface area (Å²) in [6.07, 6.45) is 0.576. The fraction of sp³-hybridized carbons (Fsp3) is 0.167. The molecule has 4 aromatic rings. The van der Waals surface area contributed by atoms with Crippen molar-refractivity contribution in [2.45, 2.75) is 13.0 Å². The summed E-state index contributed by atoms with van der Waals surface area (Å²) in [4.78, 5) is 17.0. The number of nitrogens with one attached hydrogen (secondary N) is 1. The van der Waals surface area contributed by atoms with Crippen LogP contribution in [0.15, 0.2) is 78.9 Å². The molecule has 0 unspecified atom stereocenters. The Balaban J connectivity index is 1.41. The Bertz CT molecular complexity index is 1120. The van der Waals surface area contributed by atoms with Crippen LogP contribution in [0.25, 0.3) is 11.0 Å². The molecule has 152 valence electrons. The number of para-hydroxylation sites is 3. The minimum absolute atomic E-state index is 0.231. The molecule has 4 rings (SSSR count). The van der Waals surface area contributed by atoms with Crippen LogP contribution >= 0.6 is 0 Å². The molecule has 1 aromatic heterocycles. The number of fused-ring (bicyclic) bond motifs is 1. The Morgan fingerprint density at radius 3 is 2.50 bits per heavy atom. The summed E-state index contributed by atoms with van der Waals surface area (Å²) in [5, 5.41) is 2.87. The standard InChI is InChI=1S/C24H22FN3O2/c25-19-12-10-18(11-13-19)24(29)26-15-14-23-27-21-8-4-5-9-22(21)28(23)16-17-30-20-6-2-1-3-7-20/h1-13H,14-17H2,(H,26,29). The first-order chi connectivity index (χ1) is 14.7. The van der Waals surface area contributed by atoms with Gasteiger partial charge in [0.1, 0.15) is 24.0 Å². The van der Waals surface area contributed by atoms with Crippen LogP contribution in [-0.2, 0) is 13.0 Å². The second kappa shape index (κ2) is 9.22. The summed E-state index contributed by atoms with van der Waals surface area (Å²) in [5.41, 5.74) is 2.38. The van der Waals surface area contributed by atoms with Gasteiger partial charge in [0, 0.05) is 18.5 Å². The highest BCUT2D eigenvalue weighted by atomic mass is 19.1. The summed E-state index contributed by atoms with van der Waals surface area (Å²) in [7, 11) is 0. The van der Waals surface area contributed by atoms with Gasteiger partial charge in [0.2, 0.25) is 0 Å². The highest BCUT2D eigenvalue weighted by Crippen LogP contribution is 2.17. The van der Waals surface area contributed by atoms with Crippen LogP contribution < -0.4 is 10.1 Å². The van der Waals surface area contributed by atoms with Crippen molar-refractivity contribution in [1.82, 2.24) is 14.9 Å². The van der Waals surface area contributed by atoms with E-state index in [0.29, 0.717) is 31.7 Å². The van der Waals surface area contributed by atoms with E-state index in [4.69, 9.17) is 9.72 Å². The van der Waals surface area contributed by atoms with Gasteiger partial charge < -0.3 is 14.6 Å². The summed E-state index contributed by atoms with van der Waals surface area (Å²) >= 11 is 0. The number of hydrogen-bond acceptors (Lipinski definition) is 3. The van der Waals surface area contributed by atoms with Gasteiger partial charge in [-0.1, -0.05) is 30.3 Å². The molecule has 0 aliphatic rings. The van der Waals surface area contributed by atoms with Crippen molar-refractivity contribution in [3.05, 3.63) is 96.1 Å². The van der Waals surface area contributed by atoms with Crippen molar-refractivity contribution >= 4 is 16.9 Å². The molecule has 6 heteroatoms. The number of hydrogen-bond donors (Lipinski definition) is 1. The van der Waals surface area contributed by atoms with E-state index < -0.39 is 0 Å². The average Bonchev–Trinajstić information content (AvgIpc) is 3.12. The van der Waals surface area contributed by atoms with Crippen molar-refractivity contribution in [1.29, 1.82) is 0 Å². The maximum Gasteiger partial charge on any atom is 0.251 e. The fourth-order valence-corrected chi connectivity index (χ4v) is 3.33. The van der Waals surface area contributed by atoms with Gasteiger partial charge in [-0.15, -0.1) is 0 Å². The highest BCUT2D eigenvalue weighted by Gasteiger charge is 2.12. The van der Waals surface area contributed by atoms with Crippen molar-refractivity contribution in [3.63, 3.8) is 0 Å². The first-order valence-corrected chi connectivity index (χ1v) is 9.86. The van der Waals surface area contributed by atoms with E-state index in [-0.39, 0.29) is 11.7 Å². The number of carbonyl (C=O) groups is 1. The summed E-state index contributed by atoms with van der Waals surface area (Å²) in [6, 6.07) is 23.2. The highest BCUT2D eigenvalue weighted by molar-refractivity contribution is 5.94. The second-order valence-electron chi connectivity index (χ2n) is 6.84. The van der Waals surface area contributed by atoms with Crippen molar-refractivity contribution in [3.8, 4) is 5.75 Å². The number of benzene rings is 3. The van der Waals surface area contributed by atoms with E-state index in [9.17, 15) is 9.18 Å². The molecule has 0 radical (unpaired) electrons. The number of halogens is 1. The summed E-state index contributed by atoms with van der Waals surface area (Å²) in [6.45, 7) is 1.59. The fourth-order valence-electron chi connectivity index (χ4n) is 3.33. The zero-order chi connectivity index (χ0) is 20.8. The molecular weight excluding hydrogens is 381 g/mol. The molecule has 1 heterocycles. The molecule has 0 atom stereocenters. The molecule has 0 aliphatic heterocycles. The van der Waals surface area contributed by atoms with Crippen LogP contribution in [-0.4, -0.2) is 28.6 Å². The van der Waals surface area contributed by atoms with Gasteiger partial charge in [-0.2, -0.15) is 0 Å². The molecule has 0 spiro atoms. The van der Waals surface area contributed by atoms with E-state index in [0.717, 1.165) is 22.6 Å². The molecule has 0 fully saturated rings. The van der Waals surface area contributed by atoms with Gasteiger partial charge in [-0.3, -0.25) is 4.79 Å². The number of nitrogens with zero attached hydrogens (tertiary/aromatic N) is 2. The maximum absolute atomic E-state index is 13.0. The van der Waals surface area contributed by atoms with Crippen molar-refractivity contribution in [2.24, 2.45) is 0 Å². The first-order valence-electron chi connectivity index (χ1n) is 9.86. The molecule has 1 N–H and O–H groups in total.